The topological polar surface area (TPSA) is 67.1 Å². The predicted octanol–water partition coefficient (Wildman–Crippen LogP) is 2.28. The summed E-state index contributed by atoms with van der Waals surface area (Å²) < 4.78 is 5.42. The Morgan fingerprint density at radius 1 is 1.17 bits per heavy atom. The summed E-state index contributed by atoms with van der Waals surface area (Å²) in [5.41, 5.74) is 2.15. The highest BCUT2D eigenvalue weighted by atomic mass is 16.5. The van der Waals surface area contributed by atoms with Crippen LogP contribution in [0, 0.1) is 0 Å². The van der Waals surface area contributed by atoms with Crippen LogP contribution < -0.4 is 5.32 Å². The van der Waals surface area contributed by atoms with Crippen LogP contribution in [-0.4, -0.2) is 39.7 Å². The number of rotatable bonds is 4. The molecule has 0 aliphatic carbocycles. The maximum atomic E-state index is 5.42. The molecule has 1 saturated heterocycles. The van der Waals surface area contributed by atoms with Crippen molar-refractivity contribution in [2.24, 2.45) is 0 Å². The second-order valence-corrected chi connectivity index (χ2v) is 5.86. The molecule has 0 saturated carbocycles. The summed E-state index contributed by atoms with van der Waals surface area (Å²) in [6.07, 6.45) is 3.73. The first-order valence-corrected chi connectivity index (χ1v) is 8.13. The van der Waals surface area contributed by atoms with Gasteiger partial charge in [-0.3, -0.25) is 9.88 Å². The van der Waals surface area contributed by atoms with Crippen molar-refractivity contribution in [3.63, 3.8) is 0 Å². The van der Waals surface area contributed by atoms with Crippen LogP contribution in [0.1, 0.15) is 17.4 Å². The Morgan fingerprint density at radius 3 is 2.92 bits per heavy atom. The van der Waals surface area contributed by atoms with Gasteiger partial charge in [-0.25, -0.2) is 0 Å². The van der Waals surface area contributed by atoms with Gasteiger partial charge in [0.05, 0.1) is 6.54 Å². The van der Waals surface area contributed by atoms with Gasteiger partial charge >= 0.3 is 0 Å². The molecule has 0 bridgehead atoms. The van der Waals surface area contributed by atoms with Gasteiger partial charge < -0.3 is 9.84 Å². The van der Waals surface area contributed by atoms with Gasteiger partial charge in [-0.2, -0.15) is 4.98 Å². The first-order chi connectivity index (χ1) is 11.9. The van der Waals surface area contributed by atoms with Gasteiger partial charge in [-0.1, -0.05) is 29.4 Å². The quantitative estimate of drug-likeness (QED) is 0.795. The number of piperazine rings is 1. The van der Waals surface area contributed by atoms with Crippen molar-refractivity contribution in [1.82, 2.24) is 25.3 Å². The molecule has 122 valence electrons. The SMILES string of the molecule is c1ccc(-c2nc(CN3CCNCC3c3cccnc3)no2)cc1. The molecule has 0 spiro atoms. The minimum Gasteiger partial charge on any atom is -0.334 e. The summed E-state index contributed by atoms with van der Waals surface area (Å²) in [6, 6.07) is 14.2. The lowest BCUT2D eigenvalue weighted by Crippen LogP contribution is -2.45. The number of nitrogens with one attached hydrogen (secondary N) is 1. The van der Waals surface area contributed by atoms with Gasteiger partial charge in [0.2, 0.25) is 0 Å². The zero-order valence-electron chi connectivity index (χ0n) is 13.3. The van der Waals surface area contributed by atoms with E-state index in [-0.39, 0.29) is 6.04 Å². The van der Waals surface area contributed by atoms with Crippen LogP contribution in [0.25, 0.3) is 11.5 Å². The highest BCUT2D eigenvalue weighted by Gasteiger charge is 2.25. The highest BCUT2D eigenvalue weighted by molar-refractivity contribution is 5.51. The van der Waals surface area contributed by atoms with E-state index in [0.717, 1.165) is 25.2 Å². The van der Waals surface area contributed by atoms with Gasteiger partial charge in [-0.15, -0.1) is 0 Å². The summed E-state index contributed by atoms with van der Waals surface area (Å²) in [4.78, 5) is 11.2. The third kappa shape index (κ3) is 3.20. The predicted molar refractivity (Wildman–Crippen MR) is 90.0 cm³/mol. The van der Waals surface area contributed by atoms with Gasteiger partial charge in [0.25, 0.3) is 5.89 Å². The third-order valence-electron chi connectivity index (χ3n) is 4.26. The second kappa shape index (κ2) is 6.90. The van der Waals surface area contributed by atoms with E-state index in [1.165, 1.54) is 5.56 Å². The normalized spacial score (nSPS) is 18.6. The molecule has 0 amide bonds. The Labute approximate surface area is 140 Å². The van der Waals surface area contributed by atoms with E-state index in [9.17, 15) is 0 Å². The van der Waals surface area contributed by atoms with Crippen LogP contribution in [0.5, 0.6) is 0 Å². The minimum absolute atomic E-state index is 0.270. The highest BCUT2D eigenvalue weighted by Crippen LogP contribution is 2.24. The molecule has 0 radical (unpaired) electrons. The summed E-state index contributed by atoms with van der Waals surface area (Å²) in [5.74, 6) is 1.28. The van der Waals surface area contributed by atoms with Crippen molar-refractivity contribution < 1.29 is 4.52 Å². The van der Waals surface area contributed by atoms with Crippen molar-refractivity contribution in [2.75, 3.05) is 19.6 Å². The molecule has 3 heterocycles. The number of aromatic nitrogens is 3. The van der Waals surface area contributed by atoms with Crippen molar-refractivity contribution in [1.29, 1.82) is 0 Å². The monoisotopic (exact) mass is 321 g/mol. The standard InChI is InChI=1S/C18H19N5O/c1-2-5-14(6-3-1)18-21-17(22-24-18)13-23-10-9-20-12-16(23)15-7-4-8-19-11-15/h1-8,11,16,20H,9-10,12-13H2. The summed E-state index contributed by atoms with van der Waals surface area (Å²) in [7, 11) is 0. The van der Waals surface area contributed by atoms with Gasteiger partial charge in [-0.05, 0) is 23.8 Å². The molecule has 1 fully saturated rings. The van der Waals surface area contributed by atoms with E-state index in [2.05, 4.69) is 31.4 Å². The number of nitrogens with zero attached hydrogens (tertiary/aromatic N) is 4. The van der Waals surface area contributed by atoms with Crippen LogP contribution >= 0.6 is 0 Å². The van der Waals surface area contributed by atoms with E-state index < -0.39 is 0 Å². The molecule has 1 unspecified atom stereocenters. The number of pyridine rings is 1. The third-order valence-corrected chi connectivity index (χ3v) is 4.26. The van der Waals surface area contributed by atoms with E-state index in [4.69, 9.17) is 4.52 Å². The van der Waals surface area contributed by atoms with Crippen LogP contribution in [0.15, 0.2) is 59.4 Å². The second-order valence-electron chi connectivity index (χ2n) is 5.86. The average molecular weight is 321 g/mol. The molecule has 1 aromatic carbocycles. The largest absolute Gasteiger partial charge is 0.334 e. The lowest BCUT2D eigenvalue weighted by atomic mass is 10.1. The molecule has 1 atom stereocenters. The average Bonchev–Trinajstić information content (AvgIpc) is 3.12. The summed E-state index contributed by atoms with van der Waals surface area (Å²) in [6.45, 7) is 3.46. The fourth-order valence-corrected chi connectivity index (χ4v) is 3.04. The Morgan fingerprint density at radius 2 is 2.08 bits per heavy atom. The molecule has 6 heteroatoms. The van der Waals surface area contributed by atoms with Crippen molar-refractivity contribution >= 4 is 0 Å². The fraction of sp³-hybridized carbons (Fsp3) is 0.278. The Balaban J connectivity index is 1.52. The number of benzene rings is 1. The summed E-state index contributed by atoms with van der Waals surface area (Å²) in [5, 5.41) is 7.60. The summed E-state index contributed by atoms with van der Waals surface area (Å²) >= 11 is 0. The first kappa shape index (κ1) is 15.0. The molecule has 1 aliphatic rings. The minimum atomic E-state index is 0.270. The Kier molecular flexibility index (Phi) is 4.31. The maximum Gasteiger partial charge on any atom is 0.257 e. The molecule has 6 nitrogen and oxygen atoms in total. The lowest BCUT2D eigenvalue weighted by molar-refractivity contribution is 0.148. The first-order valence-electron chi connectivity index (χ1n) is 8.13. The molecule has 1 aliphatic heterocycles. The maximum absolute atomic E-state index is 5.42. The van der Waals surface area contributed by atoms with E-state index in [0.29, 0.717) is 18.3 Å². The van der Waals surface area contributed by atoms with Crippen LogP contribution in [-0.2, 0) is 6.54 Å². The zero-order chi connectivity index (χ0) is 16.2. The smallest absolute Gasteiger partial charge is 0.257 e. The van der Waals surface area contributed by atoms with Gasteiger partial charge in [0, 0.05) is 43.6 Å². The molecule has 3 aromatic rings. The van der Waals surface area contributed by atoms with Crippen molar-refractivity contribution in [3.05, 3.63) is 66.2 Å². The van der Waals surface area contributed by atoms with Crippen LogP contribution in [0.3, 0.4) is 0 Å². The van der Waals surface area contributed by atoms with Crippen LogP contribution in [0.4, 0.5) is 0 Å². The van der Waals surface area contributed by atoms with Crippen molar-refractivity contribution in [2.45, 2.75) is 12.6 Å². The van der Waals surface area contributed by atoms with Gasteiger partial charge in [0.1, 0.15) is 0 Å². The van der Waals surface area contributed by atoms with Crippen molar-refractivity contribution in [3.8, 4) is 11.5 Å². The zero-order valence-corrected chi connectivity index (χ0v) is 13.3. The van der Waals surface area contributed by atoms with Gasteiger partial charge in [0.15, 0.2) is 5.82 Å². The number of hydrogen-bond donors (Lipinski definition) is 1. The van der Waals surface area contributed by atoms with E-state index in [1.807, 2.05) is 42.6 Å². The Bertz CT molecular complexity index is 774. The lowest BCUT2D eigenvalue weighted by Gasteiger charge is -2.35. The fourth-order valence-electron chi connectivity index (χ4n) is 3.04. The molecule has 4 rings (SSSR count). The molecular weight excluding hydrogens is 302 g/mol. The Hall–Kier alpha value is -2.57. The van der Waals surface area contributed by atoms with Crippen LogP contribution in [0.2, 0.25) is 0 Å². The molecule has 1 N–H and O–H groups in total. The molecule has 24 heavy (non-hydrogen) atoms. The molecule has 2 aromatic heterocycles. The molecular formula is C18H19N5O. The van der Waals surface area contributed by atoms with E-state index in [1.54, 1.807) is 6.20 Å². The number of hydrogen-bond acceptors (Lipinski definition) is 6. The van der Waals surface area contributed by atoms with E-state index >= 15 is 0 Å².